The molecule has 2 N–H and O–H groups in total. The highest BCUT2D eigenvalue weighted by molar-refractivity contribution is 7.03. The van der Waals surface area contributed by atoms with E-state index in [1.54, 1.807) is 0 Å². The second-order valence-corrected chi connectivity index (χ2v) is 2.11. The minimum atomic E-state index is -1.36. The number of rotatable bonds is 2. The first kappa shape index (κ1) is 7.61. The van der Waals surface area contributed by atoms with Crippen molar-refractivity contribution in [3.63, 3.8) is 0 Å². The van der Waals surface area contributed by atoms with Crippen LogP contribution >= 0.6 is 11.5 Å². The lowest BCUT2D eigenvalue weighted by molar-refractivity contribution is -0.129. The van der Waals surface area contributed by atoms with Gasteiger partial charge in [0.05, 0.1) is 0 Å². The van der Waals surface area contributed by atoms with E-state index in [2.05, 4.69) is 14.5 Å². The van der Waals surface area contributed by atoms with Crippen LogP contribution in [0.15, 0.2) is 10.7 Å². The Bertz CT molecular complexity index is 281. The second-order valence-electron chi connectivity index (χ2n) is 1.51. The van der Waals surface area contributed by atoms with Crippen LogP contribution in [0.3, 0.4) is 0 Å². The Labute approximate surface area is 65.0 Å². The maximum absolute atomic E-state index is 10.3. The fraction of sp³-hybridized carbons (Fsp3) is 0. The van der Waals surface area contributed by atoms with Crippen LogP contribution in [0.2, 0.25) is 0 Å². The molecular formula is C4H3N3O3S. The van der Waals surface area contributed by atoms with Crippen molar-refractivity contribution in [2.24, 2.45) is 5.16 Å². The Kier molecular flexibility index (Phi) is 2.12. The van der Waals surface area contributed by atoms with E-state index in [1.165, 1.54) is 5.51 Å². The molecule has 0 saturated heterocycles. The number of carboxylic acid groups (broad SMARTS) is 1. The minimum absolute atomic E-state index is 0.0787. The molecule has 1 rings (SSSR count). The van der Waals surface area contributed by atoms with Gasteiger partial charge in [-0.05, 0) is 11.5 Å². The van der Waals surface area contributed by atoms with E-state index in [9.17, 15) is 4.79 Å². The molecule has 0 aliphatic rings. The summed E-state index contributed by atoms with van der Waals surface area (Å²) in [7, 11) is 0. The lowest BCUT2D eigenvalue weighted by Gasteiger charge is -1.88. The summed E-state index contributed by atoms with van der Waals surface area (Å²) in [6, 6.07) is 0. The first-order chi connectivity index (χ1) is 5.25. The van der Waals surface area contributed by atoms with Crippen molar-refractivity contribution in [2.45, 2.75) is 0 Å². The van der Waals surface area contributed by atoms with E-state index < -0.39 is 11.7 Å². The Balaban J connectivity index is 2.99. The molecule has 1 aromatic rings. The quantitative estimate of drug-likeness (QED) is 0.367. The number of nitrogens with zero attached hydrogens (tertiary/aromatic N) is 3. The first-order valence-electron chi connectivity index (χ1n) is 2.48. The topological polar surface area (TPSA) is 95.7 Å². The molecule has 0 spiro atoms. The van der Waals surface area contributed by atoms with Crippen molar-refractivity contribution < 1.29 is 15.1 Å². The van der Waals surface area contributed by atoms with Crippen molar-refractivity contribution in [1.29, 1.82) is 0 Å². The standard InChI is InChI=1S/C4H3N3O3S/c8-4(9)2(6-10)3-5-1-11-7-3/h1,10H,(H,8,9). The number of hydrogen-bond donors (Lipinski definition) is 2. The van der Waals surface area contributed by atoms with Crippen LogP contribution in [0.1, 0.15) is 5.82 Å². The zero-order valence-electron chi connectivity index (χ0n) is 5.13. The molecule has 11 heavy (non-hydrogen) atoms. The van der Waals surface area contributed by atoms with Crippen LogP contribution in [0.5, 0.6) is 0 Å². The van der Waals surface area contributed by atoms with Gasteiger partial charge in [-0.3, -0.25) is 0 Å². The van der Waals surface area contributed by atoms with Gasteiger partial charge in [0.25, 0.3) is 0 Å². The number of hydrogen-bond acceptors (Lipinski definition) is 6. The van der Waals surface area contributed by atoms with E-state index in [4.69, 9.17) is 10.3 Å². The van der Waals surface area contributed by atoms with Crippen LogP contribution < -0.4 is 0 Å². The third-order valence-electron chi connectivity index (χ3n) is 0.876. The third kappa shape index (κ3) is 1.49. The van der Waals surface area contributed by atoms with Gasteiger partial charge >= 0.3 is 5.97 Å². The van der Waals surface area contributed by atoms with Gasteiger partial charge in [0.2, 0.25) is 11.5 Å². The van der Waals surface area contributed by atoms with Crippen molar-refractivity contribution in [1.82, 2.24) is 9.36 Å². The molecule has 0 aromatic carbocycles. The summed E-state index contributed by atoms with van der Waals surface area (Å²) in [5, 5.41) is 19.1. The molecule has 7 heteroatoms. The van der Waals surface area contributed by atoms with Crippen molar-refractivity contribution in [2.75, 3.05) is 0 Å². The van der Waals surface area contributed by atoms with E-state index in [1.807, 2.05) is 0 Å². The average Bonchev–Trinajstić information content (AvgIpc) is 2.40. The zero-order valence-corrected chi connectivity index (χ0v) is 5.95. The molecule has 0 bridgehead atoms. The summed E-state index contributed by atoms with van der Waals surface area (Å²) in [4.78, 5) is 13.8. The molecule has 6 nitrogen and oxygen atoms in total. The van der Waals surface area contributed by atoms with Crippen LogP contribution in [-0.4, -0.2) is 31.4 Å². The predicted molar refractivity (Wildman–Crippen MR) is 35.9 cm³/mol. The Morgan fingerprint density at radius 3 is 2.82 bits per heavy atom. The molecule has 0 amide bonds. The minimum Gasteiger partial charge on any atom is -0.476 e. The Morgan fingerprint density at radius 2 is 2.45 bits per heavy atom. The maximum Gasteiger partial charge on any atom is 0.361 e. The summed E-state index contributed by atoms with van der Waals surface area (Å²) in [5.74, 6) is -1.43. The van der Waals surface area contributed by atoms with Crippen LogP contribution in [0.25, 0.3) is 0 Å². The van der Waals surface area contributed by atoms with Gasteiger partial charge in [-0.25, -0.2) is 9.78 Å². The monoisotopic (exact) mass is 173 g/mol. The van der Waals surface area contributed by atoms with Crippen molar-refractivity contribution in [3.8, 4) is 0 Å². The summed E-state index contributed by atoms with van der Waals surface area (Å²) in [6.07, 6.45) is 0. The molecule has 0 radical (unpaired) electrons. The lowest BCUT2D eigenvalue weighted by atomic mass is 10.4. The molecule has 0 unspecified atom stereocenters. The Morgan fingerprint density at radius 1 is 1.73 bits per heavy atom. The number of carbonyl (C=O) groups is 1. The summed E-state index contributed by atoms with van der Waals surface area (Å²) < 4.78 is 3.57. The molecule has 1 aromatic heterocycles. The summed E-state index contributed by atoms with van der Waals surface area (Å²) in [5.41, 5.74) is 0.801. The molecule has 0 atom stereocenters. The molecule has 0 fully saturated rings. The smallest absolute Gasteiger partial charge is 0.361 e. The van der Waals surface area contributed by atoms with Gasteiger partial charge in [0.15, 0.2) is 0 Å². The summed E-state index contributed by atoms with van der Waals surface area (Å²) >= 11 is 0.984. The molecular weight excluding hydrogens is 170 g/mol. The largest absolute Gasteiger partial charge is 0.476 e. The molecule has 0 aliphatic heterocycles. The van der Waals surface area contributed by atoms with Gasteiger partial charge in [0.1, 0.15) is 5.51 Å². The fourth-order valence-corrected chi connectivity index (χ4v) is 0.886. The van der Waals surface area contributed by atoms with Crippen LogP contribution in [0, 0.1) is 0 Å². The maximum atomic E-state index is 10.3. The van der Waals surface area contributed by atoms with E-state index in [-0.39, 0.29) is 5.82 Å². The van der Waals surface area contributed by atoms with Crippen molar-refractivity contribution >= 4 is 23.2 Å². The van der Waals surface area contributed by atoms with Gasteiger partial charge in [-0.2, -0.15) is 4.37 Å². The van der Waals surface area contributed by atoms with Gasteiger partial charge < -0.3 is 10.3 Å². The summed E-state index contributed by atoms with van der Waals surface area (Å²) in [6.45, 7) is 0. The van der Waals surface area contributed by atoms with Crippen molar-refractivity contribution in [3.05, 3.63) is 11.3 Å². The van der Waals surface area contributed by atoms with E-state index in [0.29, 0.717) is 0 Å². The second kappa shape index (κ2) is 3.06. The van der Waals surface area contributed by atoms with Crippen LogP contribution in [-0.2, 0) is 4.79 Å². The number of aliphatic carboxylic acids is 1. The fourth-order valence-electron chi connectivity index (χ4n) is 0.458. The van der Waals surface area contributed by atoms with Gasteiger partial charge in [-0.15, -0.1) is 0 Å². The average molecular weight is 173 g/mol. The first-order valence-corrected chi connectivity index (χ1v) is 3.31. The van der Waals surface area contributed by atoms with Crippen LogP contribution in [0.4, 0.5) is 0 Å². The molecule has 1 heterocycles. The number of carboxylic acids is 1. The normalized spacial score (nSPS) is 11.5. The molecule has 0 saturated carbocycles. The van der Waals surface area contributed by atoms with E-state index in [0.717, 1.165) is 11.5 Å². The third-order valence-corrected chi connectivity index (χ3v) is 1.35. The highest BCUT2D eigenvalue weighted by atomic mass is 32.1. The molecule has 58 valence electrons. The number of aromatic nitrogens is 2. The van der Waals surface area contributed by atoms with Gasteiger partial charge in [0, 0.05) is 0 Å². The molecule has 0 aliphatic carbocycles. The number of oxime groups is 1. The Hall–Kier alpha value is -1.50. The highest BCUT2D eigenvalue weighted by Crippen LogP contribution is 1.96. The predicted octanol–water partition coefficient (Wildman–Crippen LogP) is -0.199. The SMILES string of the molecule is O=C(O)C(=NO)c1ncsn1. The highest BCUT2D eigenvalue weighted by Gasteiger charge is 2.16. The zero-order chi connectivity index (χ0) is 8.27. The van der Waals surface area contributed by atoms with Gasteiger partial charge in [-0.1, -0.05) is 5.16 Å². The van der Waals surface area contributed by atoms with E-state index >= 15 is 0 Å². The lowest BCUT2D eigenvalue weighted by Crippen LogP contribution is -2.15.